The number of amides is 1. The molecule has 0 aliphatic rings. The summed E-state index contributed by atoms with van der Waals surface area (Å²) in [7, 11) is 4.41. The highest BCUT2D eigenvalue weighted by Gasteiger charge is 2.34. The molecular formula is C25H26F3N3O4. The lowest BCUT2D eigenvalue weighted by Gasteiger charge is -2.15. The number of benzene rings is 2. The average Bonchev–Trinajstić information content (AvgIpc) is 3.17. The zero-order valence-corrected chi connectivity index (χ0v) is 20.0. The molecule has 0 aliphatic heterocycles. The van der Waals surface area contributed by atoms with Crippen molar-refractivity contribution in [3.8, 4) is 22.9 Å². The Morgan fingerprint density at radius 1 is 1.03 bits per heavy atom. The molecule has 0 unspecified atom stereocenters. The predicted molar refractivity (Wildman–Crippen MR) is 125 cm³/mol. The van der Waals surface area contributed by atoms with Crippen molar-refractivity contribution in [2.45, 2.75) is 26.6 Å². The zero-order valence-electron chi connectivity index (χ0n) is 20.0. The van der Waals surface area contributed by atoms with Gasteiger partial charge in [-0.25, -0.2) is 4.68 Å². The van der Waals surface area contributed by atoms with Gasteiger partial charge in [0.05, 0.1) is 38.3 Å². The van der Waals surface area contributed by atoms with Crippen LogP contribution in [0.1, 0.15) is 28.1 Å². The molecule has 1 heterocycles. The molecule has 0 spiro atoms. The molecule has 3 aromatic rings. The van der Waals surface area contributed by atoms with Crippen molar-refractivity contribution in [1.29, 1.82) is 0 Å². The van der Waals surface area contributed by atoms with Crippen LogP contribution in [0.25, 0.3) is 11.8 Å². The van der Waals surface area contributed by atoms with E-state index in [0.717, 1.165) is 6.07 Å². The maximum absolute atomic E-state index is 13.8. The number of carbonyl (C=O) groups excluding carboxylic acids is 1. The van der Waals surface area contributed by atoms with Crippen LogP contribution in [0.2, 0.25) is 0 Å². The van der Waals surface area contributed by atoms with Crippen molar-refractivity contribution in [3.05, 3.63) is 70.6 Å². The minimum absolute atomic E-state index is 0.0580. The van der Waals surface area contributed by atoms with E-state index in [4.69, 9.17) is 14.2 Å². The maximum Gasteiger partial charge on any atom is 0.416 e. The van der Waals surface area contributed by atoms with E-state index in [1.165, 1.54) is 44.2 Å². The molecular weight excluding hydrogens is 463 g/mol. The Labute approximate surface area is 201 Å². The van der Waals surface area contributed by atoms with Gasteiger partial charge < -0.3 is 19.5 Å². The van der Waals surface area contributed by atoms with Gasteiger partial charge in [0.2, 0.25) is 11.7 Å². The van der Waals surface area contributed by atoms with Crippen molar-refractivity contribution < 1.29 is 32.2 Å². The highest BCUT2D eigenvalue weighted by atomic mass is 19.4. The molecule has 1 amide bonds. The van der Waals surface area contributed by atoms with Crippen LogP contribution in [0, 0.1) is 13.8 Å². The van der Waals surface area contributed by atoms with Gasteiger partial charge in [-0.1, -0.05) is 6.07 Å². The van der Waals surface area contributed by atoms with Gasteiger partial charge in [-0.15, -0.1) is 0 Å². The fourth-order valence-corrected chi connectivity index (χ4v) is 3.62. The number of halogens is 3. The first kappa shape index (κ1) is 25.7. The smallest absolute Gasteiger partial charge is 0.416 e. The minimum Gasteiger partial charge on any atom is -0.493 e. The Bertz CT molecular complexity index is 1220. The van der Waals surface area contributed by atoms with Gasteiger partial charge in [0.1, 0.15) is 0 Å². The average molecular weight is 489 g/mol. The van der Waals surface area contributed by atoms with Crippen LogP contribution in [0.15, 0.2) is 42.5 Å². The molecule has 0 saturated carbocycles. The van der Waals surface area contributed by atoms with Gasteiger partial charge in [0, 0.05) is 18.3 Å². The van der Waals surface area contributed by atoms with Crippen molar-refractivity contribution in [2.75, 3.05) is 21.3 Å². The Morgan fingerprint density at radius 2 is 1.69 bits per heavy atom. The Kier molecular flexibility index (Phi) is 7.73. The van der Waals surface area contributed by atoms with Gasteiger partial charge >= 0.3 is 6.18 Å². The second-order valence-electron chi connectivity index (χ2n) is 7.69. The van der Waals surface area contributed by atoms with E-state index in [0.29, 0.717) is 39.9 Å². The van der Waals surface area contributed by atoms with Crippen LogP contribution >= 0.6 is 0 Å². The SMILES string of the molecule is COc1cc(/C=C/C(=O)NCc2ccc(-n3nc(C)cc3C)cc2C(F)(F)F)cc(OC)c1OC. The normalized spacial score (nSPS) is 11.5. The number of ether oxygens (including phenoxy) is 3. The summed E-state index contributed by atoms with van der Waals surface area (Å²) in [6.07, 6.45) is -1.88. The van der Waals surface area contributed by atoms with Crippen molar-refractivity contribution in [3.63, 3.8) is 0 Å². The van der Waals surface area contributed by atoms with Crippen LogP contribution in [-0.2, 0) is 17.5 Å². The van der Waals surface area contributed by atoms with Crippen LogP contribution in [0.5, 0.6) is 17.2 Å². The first-order valence-electron chi connectivity index (χ1n) is 10.6. The number of hydrogen-bond acceptors (Lipinski definition) is 5. The fraction of sp³-hybridized carbons (Fsp3) is 0.280. The molecule has 0 aliphatic carbocycles. The highest BCUT2D eigenvalue weighted by molar-refractivity contribution is 5.91. The van der Waals surface area contributed by atoms with Crippen LogP contribution in [0.3, 0.4) is 0 Å². The molecule has 2 aromatic carbocycles. The van der Waals surface area contributed by atoms with Crippen LogP contribution < -0.4 is 19.5 Å². The summed E-state index contributed by atoms with van der Waals surface area (Å²) < 4.78 is 58.5. The van der Waals surface area contributed by atoms with Crippen molar-refractivity contribution in [1.82, 2.24) is 15.1 Å². The molecule has 1 aromatic heterocycles. The summed E-state index contributed by atoms with van der Waals surface area (Å²) >= 11 is 0. The van der Waals surface area contributed by atoms with Gasteiger partial charge in [-0.2, -0.15) is 18.3 Å². The van der Waals surface area contributed by atoms with E-state index in [-0.39, 0.29) is 12.1 Å². The van der Waals surface area contributed by atoms with Gasteiger partial charge in [-0.3, -0.25) is 4.79 Å². The minimum atomic E-state index is -4.60. The summed E-state index contributed by atoms with van der Waals surface area (Å²) in [6.45, 7) is 3.23. The number of carbonyl (C=O) groups is 1. The molecule has 0 bridgehead atoms. The van der Waals surface area contributed by atoms with Gasteiger partial charge in [0.25, 0.3) is 0 Å². The third-order valence-corrected chi connectivity index (χ3v) is 5.22. The number of rotatable bonds is 8. The molecule has 7 nitrogen and oxygen atoms in total. The number of nitrogens with zero attached hydrogens (tertiary/aromatic N) is 2. The number of nitrogens with one attached hydrogen (secondary N) is 1. The standard InChI is InChI=1S/C25H26F3N3O4/c1-15-10-16(2)31(30-15)19-8-7-18(20(13-19)25(26,27)28)14-29-23(32)9-6-17-11-21(33-3)24(35-5)22(12-17)34-4/h6-13H,14H2,1-5H3,(H,29,32)/b9-6+. The first-order valence-corrected chi connectivity index (χ1v) is 10.6. The van der Waals surface area contributed by atoms with E-state index in [9.17, 15) is 18.0 Å². The quantitative estimate of drug-likeness (QED) is 0.458. The van der Waals surface area contributed by atoms with E-state index in [2.05, 4.69) is 10.4 Å². The molecule has 0 atom stereocenters. The Hall–Kier alpha value is -3.95. The molecule has 3 rings (SSSR count). The van der Waals surface area contributed by atoms with Crippen molar-refractivity contribution in [2.24, 2.45) is 0 Å². The van der Waals surface area contributed by atoms with Crippen LogP contribution in [0.4, 0.5) is 13.2 Å². The summed E-state index contributed by atoms with van der Waals surface area (Å²) in [5.74, 6) is 0.656. The molecule has 1 N–H and O–H groups in total. The number of aromatic nitrogens is 2. The van der Waals surface area contributed by atoms with Gasteiger partial charge in [0.15, 0.2) is 11.5 Å². The fourth-order valence-electron chi connectivity index (χ4n) is 3.62. The van der Waals surface area contributed by atoms with E-state index in [1.807, 2.05) is 0 Å². The number of alkyl halides is 3. The lowest BCUT2D eigenvalue weighted by molar-refractivity contribution is -0.138. The lowest BCUT2D eigenvalue weighted by Crippen LogP contribution is -2.23. The monoisotopic (exact) mass is 489 g/mol. The second-order valence-corrected chi connectivity index (χ2v) is 7.69. The summed E-state index contributed by atoms with van der Waals surface area (Å²) in [5.41, 5.74) is 1.40. The summed E-state index contributed by atoms with van der Waals surface area (Å²) in [6, 6.07) is 8.99. The second kappa shape index (κ2) is 10.5. The van der Waals surface area contributed by atoms with E-state index >= 15 is 0 Å². The number of methoxy groups -OCH3 is 3. The van der Waals surface area contributed by atoms with Gasteiger partial charge in [-0.05, 0) is 61.4 Å². The topological polar surface area (TPSA) is 74.6 Å². The molecule has 35 heavy (non-hydrogen) atoms. The zero-order chi connectivity index (χ0) is 25.8. The third kappa shape index (κ3) is 5.95. The van der Waals surface area contributed by atoms with Crippen LogP contribution in [-0.4, -0.2) is 37.0 Å². The van der Waals surface area contributed by atoms with Crippen molar-refractivity contribution >= 4 is 12.0 Å². The molecule has 0 radical (unpaired) electrons. The lowest BCUT2D eigenvalue weighted by atomic mass is 10.1. The third-order valence-electron chi connectivity index (χ3n) is 5.22. The van der Waals surface area contributed by atoms with E-state index < -0.39 is 17.6 Å². The maximum atomic E-state index is 13.8. The summed E-state index contributed by atoms with van der Waals surface area (Å²) in [4.78, 5) is 12.3. The number of hydrogen-bond donors (Lipinski definition) is 1. The largest absolute Gasteiger partial charge is 0.493 e. The molecule has 186 valence electrons. The highest BCUT2D eigenvalue weighted by Crippen LogP contribution is 2.38. The number of aryl methyl sites for hydroxylation is 2. The Morgan fingerprint density at radius 3 is 2.20 bits per heavy atom. The first-order chi connectivity index (χ1) is 16.6. The molecule has 10 heteroatoms. The summed E-state index contributed by atoms with van der Waals surface area (Å²) in [5, 5.41) is 6.74. The molecule has 0 saturated heterocycles. The van der Waals surface area contributed by atoms with E-state index in [1.54, 1.807) is 38.1 Å². The predicted octanol–water partition coefficient (Wildman–Crippen LogP) is 4.86. The Balaban J connectivity index is 1.78. The molecule has 0 fully saturated rings.